The number of unbranched alkanes of at least 4 members (excludes halogenated alkanes) is 1. The molecule has 0 fully saturated rings. The lowest BCUT2D eigenvalue weighted by atomic mass is 10.3. The Labute approximate surface area is 101 Å². The first-order valence-electron chi connectivity index (χ1n) is 5.42. The molecule has 0 aromatic carbocycles. The number of aromatic nitrogens is 1. The summed E-state index contributed by atoms with van der Waals surface area (Å²) in [6, 6.07) is 0. The van der Waals surface area contributed by atoms with E-state index in [1.807, 2.05) is 23.1 Å². The zero-order valence-corrected chi connectivity index (χ0v) is 11.4. The molecule has 0 spiro atoms. The number of thioether (sulfide) groups is 1. The first-order chi connectivity index (χ1) is 7.27. The molecule has 86 valence electrons. The summed E-state index contributed by atoms with van der Waals surface area (Å²) in [5.74, 6) is 1.04. The molecule has 15 heavy (non-hydrogen) atoms. The van der Waals surface area contributed by atoms with Crippen molar-refractivity contribution in [2.24, 2.45) is 0 Å². The molecule has 0 amide bonds. The van der Waals surface area contributed by atoms with Crippen LogP contribution in [0.5, 0.6) is 0 Å². The zero-order valence-electron chi connectivity index (χ0n) is 9.80. The van der Waals surface area contributed by atoms with E-state index in [0.717, 1.165) is 18.8 Å². The van der Waals surface area contributed by atoms with Crippen molar-refractivity contribution in [3.05, 3.63) is 15.6 Å². The van der Waals surface area contributed by atoms with E-state index >= 15 is 0 Å². The van der Waals surface area contributed by atoms with Gasteiger partial charge in [0.2, 0.25) is 0 Å². The minimum atomic E-state index is 0.984. The number of aryl methyl sites for hydroxylation is 1. The predicted octanol–water partition coefficient (Wildman–Crippen LogP) is 3.20. The van der Waals surface area contributed by atoms with Gasteiger partial charge >= 0.3 is 0 Å². The van der Waals surface area contributed by atoms with Crippen molar-refractivity contribution in [3.63, 3.8) is 0 Å². The van der Waals surface area contributed by atoms with E-state index in [0.29, 0.717) is 0 Å². The summed E-state index contributed by atoms with van der Waals surface area (Å²) < 4.78 is 0. The molecule has 0 saturated carbocycles. The Balaban J connectivity index is 2.39. The molecule has 0 aliphatic carbocycles. The highest BCUT2D eigenvalue weighted by molar-refractivity contribution is 7.97. The summed E-state index contributed by atoms with van der Waals surface area (Å²) >= 11 is 3.68. The molecule has 0 aliphatic rings. The second-order valence-electron chi connectivity index (χ2n) is 3.58. The van der Waals surface area contributed by atoms with Gasteiger partial charge in [-0.25, -0.2) is 4.98 Å². The van der Waals surface area contributed by atoms with Crippen molar-refractivity contribution in [2.45, 2.75) is 39.0 Å². The van der Waals surface area contributed by atoms with Crippen molar-refractivity contribution in [1.29, 1.82) is 0 Å². The number of rotatable bonds is 7. The van der Waals surface area contributed by atoms with E-state index in [-0.39, 0.29) is 0 Å². The molecule has 2 nitrogen and oxygen atoms in total. The first kappa shape index (κ1) is 13.0. The van der Waals surface area contributed by atoms with Crippen LogP contribution in [0.3, 0.4) is 0 Å². The number of hydrogen-bond donors (Lipinski definition) is 1. The zero-order chi connectivity index (χ0) is 11.1. The fourth-order valence-corrected chi connectivity index (χ4v) is 3.08. The summed E-state index contributed by atoms with van der Waals surface area (Å²) in [5.41, 5.74) is 1.20. The molecule has 1 rings (SSSR count). The number of nitrogens with zero attached hydrogens (tertiary/aromatic N) is 1. The number of nitrogens with one attached hydrogen (secondary N) is 1. The van der Waals surface area contributed by atoms with Crippen LogP contribution in [-0.2, 0) is 12.3 Å². The van der Waals surface area contributed by atoms with Gasteiger partial charge < -0.3 is 5.32 Å². The summed E-state index contributed by atoms with van der Waals surface area (Å²) in [4.78, 5) is 5.96. The van der Waals surface area contributed by atoms with Gasteiger partial charge in [-0.15, -0.1) is 11.3 Å². The average Bonchev–Trinajstić information content (AvgIpc) is 2.55. The van der Waals surface area contributed by atoms with Gasteiger partial charge in [-0.2, -0.15) is 11.8 Å². The van der Waals surface area contributed by atoms with Crippen molar-refractivity contribution in [3.8, 4) is 0 Å². The monoisotopic (exact) mass is 244 g/mol. The standard InChI is InChI=1S/C11H20N2S2/c1-4-5-6-12-7-10-9(2)13-11(15-10)8-14-3/h12H,4-8H2,1-3H3. The molecule has 1 aromatic heterocycles. The third-order valence-corrected chi connectivity index (χ3v) is 4.10. The van der Waals surface area contributed by atoms with Crippen molar-refractivity contribution in [1.82, 2.24) is 10.3 Å². The van der Waals surface area contributed by atoms with Crippen molar-refractivity contribution in [2.75, 3.05) is 12.8 Å². The molecule has 0 unspecified atom stereocenters. The Hall–Kier alpha value is -0.0600. The molecule has 1 N–H and O–H groups in total. The summed E-state index contributed by atoms with van der Waals surface area (Å²) in [6.45, 7) is 6.43. The average molecular weight is 244 g/mol. The van der Waals surface area contributed by atoms with Crippen LogP contribution < -0.4 is 5.32 Å². The Morgan fingerprint density at radius 1 is 1.47 bits per heavy atom. The fourth-order valence-electron chi connectivity index (χ4n) is 1.34. The second kappa shape index (κ2) is 7.25. The van der Waals surface area contributed by atoms with Crippen LogP contribution in [0.15, 0.2) is 0 Å². The van der Waals surface area contributed by atoms with E-state index in [9.17, 15) is 0 Å². The van der Waals surface area contributed by atoms with Crippen molar-refractivity contribution >= 4 is 23.1 Å². The lowest BCUT2D eigenvalue weighted by Crippen LogP contribution is -2.14. The maximum absolute atomic E-state index is 4.56. The van der Waals surface area contributed by atoms with Gasteiger partial charge in [0, 0.05) is 17.2 Å². The quantitative estimate of drug-likeness (QED) is 0.746. The highest BCUT2D eigenvalue weighted by Gasteiger charge is 2.06. The normalized spacial score (nSPS) is 10.9. The van der Waals surface area contributed by atoms with E-state index < -0.39 is 0 Å². The third kappa shape index (κ3) is 4.53. The molecule has 0 radical (unpaired) electrons. The topological polar surface area (TPSA) is 24.9 Å². The number of thiazole rings is 1. The lowest BCUT2D eigenvalue weighted by Gasteiger charge is -2.01. The minimum Gasteiger partial charge on any atom is -0.312 e. The second-order valence-corrected chi connectivity index (χ2v) is 5.61. The largest absolute Gasteiger partial charge is 0.312 e. The van der Waals surface area contributed by atoms with E-state index in [2.05, 4.69) is 30.4 Å². The van der Waals surface area contributed by atoms with Gasteiger partial charge in [-0.1, -0.05) is 13.3 Å². The number of hydrogen-bond acceptors (Lipinski definition) is 4. The van der Waals surface area contributed by atoms with Gasteiger partial charge in [-0.3, -0.25) is 0 Å². The minimum absolute atomic E-state index is 0.984. The van der Waals surface area contributed by atoms with E-state index in [1.54, 1.807) is 0 Å². The van der Waals surface area contributed by atoms with Crippen LogP contribution in [0.4, 0.5) is 0 Å². The SMILES string of the molecule is CCCCNCc1sc(CSC)nc1C. The molecular formula is C11H20N2S2. The highest BCUT2D eigenvalue weighted by Crippen LogP contribution is 2.20. The van der Waals surface area contributed by atoms with Crippen molar-refractivity contribution < 1.29 is 0 Å². The van der Waals surface area contributed by atoms with Gasteiger partial charge in [0.15, 0.2) is 0 Å². The molecule has 4 heteroatoms. The predicted molar refractivity (Wildman–Crippen MR) is 70.7 cm³/mol. The van der Waals surface area contributed by atoms with Crippen LogP contribution in [0.2, 0.25) is 0 Å². The molecule has 1 aromatic rings. The molecule has 0 aliphatic heterocycles. The van der Waals surface area contributed by atoms with Crippen LogP contribution in [0.25, 0.3) is 0 Å². The lowest BCUT2D eigenvalue weighted by molar-refractivity contribution is 0.644. The van der Waals surface area contributed by atoms with Gasteiger partial charge in [0.25, 0.3) is 0 Å². The van der Waals surface area contributed by atoms with Gasteiger partial charge in [-0.05, 0) is 26.1 Å². The van der Waals surface area contributed by atoms with Crippen LogP contribution in [-0.4, -0.2) is 17.8 Å². The van der Waals surface area contributed by atoms with E-state index in [4.69, 9.17) is 0 Å². The maximum atomic E-state index is 4.56. The van der Waals surface area contributed by atoms with Crippen LogP contribution in [0, 0.1) is 6.92 Å². The molecular weight excluding hydrogens is 224 g/mol. The summed E-state index contributed by atoms with van der Waals surface area (Å²) in [6.07, 6.45) is 4.64. The first-order valence-corrected chi connectivity index (χ1v) is 7.63. The summed E-state index contributed by atoms with van der Waals surface area (Å²) in [5, 5.41) is 4.72. The molecule has 0 saturated heterocycles. The smallest absolute Gasteiger partial charge is 0.103 e. The Kier molecular flexibility index (Phi) is 6.29. The fraction of sp³-hybridized carbons (Fsp3) is 0.727. The van der Waals surface area contributed by atoms with Crippen LogP contribution in [0.1, 0.15) is 35.3 Å². The van der Waals surface area contributed by atoms with Gasteiger partial charge in [0.1, 0.15) is 5.01 Å². The Morgan fingerprint density at radius 3 is 2.93 bits per heavy atom. The third-order valence-electron chi connectivity index (χ3n) is 2.20. The molecule has 0 bridgehead atoms. The molecule has 0 atom stereocenters. The Bertz CT molecular complexity index is 284. The molecule has 1 heterocycles. The van der Waals surface area contributed by atoms with Crippen LogP contribution >= 0.6 is 23.1 Å². The Morgan fingerprint density at radius 2 is 2.27 bits per heavy atom. The summed E-state index contributed by atoms with van der Waals surface area (Å²) in [7, 11) is 0. The highest BCUT2D eigenvalue weighted by atomic mass is 32.2. The maximum Gasteiger partial charge on any atom is 0.103 e. The van der Waals surface area contributed by atoms with Gasteiger partial charge in [0.05, 0.1) is 5.69 Å². The van der Waals surface area contributed by atoms with E-state index in [1.165, 1.54) is 28.4 Å².